The Morgan fingerprint density at radius 3 is 2.73 bits per heavy atom. The predicted molar refractivity (Wildman–Crippen MR) is 160 cm³/mol. The molecule has 5 heterocycles. The minimum Gasteiger partial charge on any atom is -0.462 e. The molecule has 0 N–H and O–H groups in total. The van der Waals surface area contributed by atoms with Gasteiger partial charge in [-0.3, -0.25) is 0 Å². The van der Waals surface area contributed by atoms with Crippen LogP contribution in [-0.2, 0) is 26.1 Å². The van der Waals surface area contributed by atoms with Gasteiger partial charge in [0.1, 0.15) is 12.4 Å². The highest BCUT2D eigenvalue weighted by atomic mass is 35.5. The van der Waals surface area contributed by atoms with Gasteiger partial charge in [0.2, 0.25) is 0 Å². The van der Waals surface area contributed by atoms with E-state index in [2.05, 4.69) is 62.5 Å². The summed E-state index contributed by atoms with van der Waals surface area (Å²) in [6, 6.07) is 13.5. The van der Waals surface area contributed by atoms with Gasteiger partial charge in [-0.15, -0.1) is 0 Å². The van der Waals surface area contributed by atoms with E-state index in [1.807, 2.05) is 18.5 Å². The Hall–Kier alpha value is -3.07. The number of likely N-dealkylation sites (N-methyl/N-ethyl adjacent to an activating group) is 1. The van der Waals surface area contributed by atoms with E-state index in [0.29, 0.717) is 36.9 Å². The first-order chi connectivity index (χ1) is 19.5. The molecule has 10 heteroatoms. The van der Waals surface area contributed by atoms with Gasteiger partial charge < -0.3 is 24.0 Å². The summed E-state index contributed by atoms with van der Waals surface area (Å²) in [4.78, 5) is 21.5. The quantitative estimate of drug-likeness (QED) is 0.307. The minimum absolute atomic E-state index is 0.223. The third-order valence-corrected chi connectivity index (χ3v) is 9.38. The Morgan fingerprint density at radius 2 is 1.90 bits per heavy atom. The molecule has 2 aromatic heterocycles. The molecule has 0 amide bonds. The van der Waals surface area contributed by atoms with Gasteiger partial charge in [-0.2, -0.15) is 9.97 Å². The molecule has 0 saturated carbocycles. The lowest BCUT2D eigenvalue weighted by Crippen LogP contribution is -2.43. The number of ether oxygens (including phenoxy) is 1. The van der Waals surface area contributed by atoms with Crippen LogP contribution < -0.4 is 14.5 Å². The number of aromatic nitrogens is 4. The van der Waals surface area contributed by atoms with Crippen molar-refractivity contribution in [1.82, 2.24) is 24.4 Å². The van der Waals surface area contributed by atoms with Crippen LogP contribution in [-0.4, -0.2) is 63.2 Å². The van der Waals surface area contributed by atoms with Crippen molar-refractivity contribution < 1.29 is 4.74 Å². The number of fused-ring (bicyclic) bond motifs is 3. The maximum absolute atomic E-state index is 6.71. The van der Waals surface area contributed by atoms with Crippen LogP contribution in [0.15, 0.2) is 42.7 Å². The number of likely N-dealkylation sites (tertiary alicyclic amines) is 1. The van der Waals surface area contributed by atoms with Gasteiger partial charge in [-0.25, -0.2) is 4.98 Å². The summed E-state index contributed by atoms with van der Waals surface area (Å²) in [5.74, 6) is 0.950. The summed E-state index contributed by atoms with van der Waals surface area (Å²) in [5, 5.41) is 3.54. The number of anilines is 2. The molecule has 3 aliphatic heterocycles. The zero-order valence-corrected chi connectivity index (χ0v) is 24.4. The summed E-state index contributed by atoms with van der Waals surface area (Å²) >= 11 is 13.2. The highest BCUT2D eigenvalue weighted by Crippen LogP contribution is 2.38. The molecule has 0 spiro atoms. The molecule has 8 nitrogen and oxygen atoms in total. The second-order valence-corrected chi connectivity index (χ2v) is 12.0. The lowest BCUT2D eigenvalue weighted by Gasteiger charge is -2.39. The van der Waals surface area contributed by atoms with Gasteiger partial charge in [-0.1, -0.05) is 47.5 Å². The predicted octanol–water partition coefficient (Wildman–Crippen LogP) is 5.58. The van der Waals surface area contributed by atoms with E-state index in [9.17, 15) is 0 Å². The smallest absolute Gasteiger partial charge is 0.318 e. The van der Waals surface area contributed by atoms with Gasteiger partial charge in [0.05, 0.1) is 35.8 Å². The second kappa shape index (κ2) is 10.4. The Bertz CT molecular complexity index is 1570. The molecule has 2 aromatic carbocycles. The molecule has 1 saturated heterocycles. The molecule has 3 aliphatic rings. The number of imidazole rings is 1. The lowest BCUT2D eigenvalue weighted by atomic mass is 10.0. The largest absolute Gasteiger partial charge is 0.462 e. The number of halogens is 2. The van der Waals surface area contributed by atoms with Gasteiger partial charge in [-0.05, 0) is 57.3 Å². The zero-order chi connectivity index (χ0) is 27.4. The molecule has 208 valence electrons. The van der Waals surface area contributed by atoms with E-state index < -0.39 is 0 Å². The summed E-state index contributed by atoms with van der Waals surface area (Å²) in [6.45, 7) is 6.89. The summed E-state index contributed by atoms with van der Waals surface area (Å²) < 4.78 is 8.48. The van der Waals surface area contributed by atoms with Crippen molar-refractivity contribution in [2.75, 3.05) is 36.5 Å². The minimum atomic E-state index is 0.223. The van der Waals surface area contributed by atoms with Crippen molar-refractivity contribution in [3.8, 4) is 6.01 Å². The number of benzene rings is 2. The average Bonchev–Trinajstić information content (AvgIpc) is 3.54. The van der Waals surface area contributed by atoms with E-state index in [4.69, 9.17) is 37.9 Å². The average molecular weight is 579 g/mol. The summed E-state index contributed by atoms with van der Waals surface area (Å²) in [5.41, 5.74) is 4.34. The van der Waals surface area contributed by atoms with Crippen molar-refractivity contribution in [3.05, 3.63) is 69.9 Å². The monoisotopic (exact) mass is 577 g/mol. The Morgan fingerprint density at radius 1 is 1.05 bits per heavy atom. The van der Waals surface area contributed by atoms with Crippen LogP contribution in [0.25, 0.3) is 10.8 Å². The molecular weight excluding hydrogens is 545 g/mol. The van der Waals surface area contributed by atoms with Crippen molar-refractivity contribution in [3.63, 3.8) is 0 Å². The number of hydrogen-bond donors (Lipinski definition) is 0. The first-order valence-corrected chi connectivity index (χ1v) is 14.8. The van der Waals surface area contributed by atoms with Crippen molar-refractivity contribution >= 4 is 45.5 Å². The number of hydrogen-bond acceptors (Lipinski definition) is 7. The van der Waals surface area contributed by atoms with Crippen molar-refractivity contribution in [1.29, 1.82) is 0 Å². The van der Waals surface area contributed by atoms with Crippen LogP contribution in [0.4, 0.5) is 11.5 Å². The number of rotatable bonds is 5. The lowest BCUT2D eigenvalue weighted by molar-refractivity contribution is 0.187. The Balaban J connectivity index is 1.26. The van der Waals surface area contributed by atoms with Crippen LogP contribution >= 0.6 is 23.2 Å². The van der Waals surface area contributed by atoms with E-state index in [1.165, 1.54) is 12.0 Å². The molecular formula is C30H33Cl2N7O. The third kappa shape index (κ3) is 4.56. The number of nitrogens with zero attached hydrogens (tertiary/aromatic N) is 7. The maximum Gasteiger partial charge on any atom is 0.318 e. The molecule has 0 radical (unpaired) electrons. The fraction of sp³-hybridized carbons (Fsp3) is 0.433. The summed E-state index contributed by atoms with van der Waals surface area (Å²) in [7, 11) is 2.16. The molecule has 0 bridgehead atoms. The fourth-order valence-electron chi connectivity index (χ4n) is 6.48. The van der Waals surface area contributed by atoms with Crippen LogP contribution in [0.5, 0.6) is 6.01 Å². The first kappa shape index (κ1) is 25.9. The van der Waals surface area contributed by atoms with Crippen LogP contribution in [0, 0.1) is 0 Å². The van der Waals surface area contributed by atoms with E-state index in [-0.39, 0.29) is 6.04 Å². The van der Waals surface area contributed by atoms with Crippen LogP contribution in [0.3, 0.4) is 0 Å². The molecule has 0 unspecified atom stereocenters. The van der Waals surface area contributed by atoms with Crippen LogP contribution in [0.1, 0.15) is 36.7 Å². The molecule has 2 atom stereocenters. The normalized spacial score (nSPS) is 21.1. The highest BCUT2D eigenvalue weighted by Gasteiger charge is 2.32. The summed E-state index contributed by atoms with van der Waals surface area (Å²) in [6.07, 6.45) is 4.99. The molecule has 7 rings (SSSR count). The maximum atomic E-state index is 6.71. The van der Waals surface area contributed by atoms with Crippen LogP contribution in [0.2, 0.25) is 10.2 Å². The standard InChI is InChI=1S/C30H33Cl2N7O/c1-19-14-38-18-33-28(32)26(38)16-39(19)29-22-11-13-37(25-10-4-7-20-6-3-9-23(31)27(20)25)15-24(22)34-30(35-29)40-17-21-8-5-12-36(21)2/h3-4,6-7,9-10,18-19,21H,5,8,11-17H2,1-2H3/t19-,21-/m1/s1. The van der Waals surface area contributed by atoms with Crippen molar-refractivity contribution in [2.24, 2.45) is 0 Å². The van der Waals surface area contributed by atoms with E-state index >= 15 is 0 Å². The Kier molecular flexibility index (Phi) is 6.72. The molecule has 0 aliphatic carbocycles. The SMILES string of the molecule is C[C@@H]1Cn2cnc(Cl)c2CN1c1nc(OC[C@H]2CCCN2C)nc2c1CCN(c1cccc3cccc(Cl)c13)C2. The topological polar surface area (TPSA) is 62.6 Å². The molecule has 4 aromatic rings. The van der Waals surface area contributed by atoms with Crippen molar-refractivity contribution in [2.45, 2.75) is 57.9 Å². The molecule has 1 fully saturated rings. The van der Waals surface area contributed by atoms with E-state index in [0.717, 1.165) is 71.2 Å². The molecule has 40 heavy (non-hydrogen) atoms. The second-order valence-electron chi connectivity index (χ2n) is 11.2. The van der Waals surface area contributed by atoms with Gasteiger partial charge >= 0.3 is 6.01 Å². The van der Waals surface area contributed by atoms with Gasteiger partial charge in [0, 0.05) is 41.8 Å². The van der Waals surface area contributed by atoms with E-state index in [1.54, 1.807) is 0 Å². The van der Waals surface area contributed by atoms with Gasteiger partial charge in [0.25, 0.3) is 0 Å². The third-order valence-electron chi connectivity index (χ3n) is 8.75. The Labute approximate surface area is 244 Å². The fourth-order valence-corrected chi connectivity index (χ4v) is 6.97. The zero-order valence-electron chi connectivity index (χ0n) is 22.9. The highest BCUT2D eigenvalue weighted by molar-refractivity contribution is 6.36. The first-order valence-electron chi connectivity index (χ1n) is 14.1. The van der Waals surface area contributed by atoms with Gasteiger partial charge in [0.15, 0.2) is 5.15 Å².